The number of hydrogen-bond acceptors (Lipinski definition) is 7. The predicted octanol–water partition coefficient (Wildman–Crippen LogP) is 1.32. The zero-order valence-corrected chi connectivity index (χ0v) is 19.1. The summed E-state index contributed by atoms with van der Waals surface area (Å²) in [6.07, 6.45) is 0. The van der Waals surface area contributed by atoms with Crippen LogP contribution in [0, 0.1) is 0 Å². The lowest BCUT2D eigenvalue weighted by Crippen LogP contribution is -2.48. The van der Waals surface area contributed by atoms with E-state index >= 15 is 0 Å². The van der Waals surface area contributed by atoms with Crippen LogP contribution < -0.4 is 10.2 Å². The SMILES string of the molecule is COC(=O)C1=C(Nc2ccccc2C(=O)N2CCN(c3ccccc3)CC2)C(=O)N(CCO)C1. The van der Waals surface area contributed by atoms with E-state index in [0.29, 0.717) is 24.3 Å². The lowest BCUT2D eigenvalue weighted by molar-refractivity contribution is -0.136. The number of para-hydroxylation sites is 2. The molecule has 0 radical (unpaired) electrons. The number of benzene rings is 2. The summed E-state index contributed by atoms with van der Waals surface area (Å²) >= 11 is 0. The van der Waals surface area contributed by atoms with E-state index in [-0.39, 0.29) is 36.9 Å². The molecule has 2 aromatic rings. The minimum absolute atomic E-state index is 0.0337. The smallest absolute Gasteiger partial charge is 0.337 e. The molecule has 0 atom stereocenters. The molecule has 2 N–H and O–H groups in total. The number of anilines is 2. The van der Waals surface area contributed by atoms with Gasteiger partial charge in [-0.25, -0.2) is 4.79 Å². The second kappa shape index (κ2) is 10.4. The number of carbonyl (C=O) groups is 3. The summed E-state index contributed by atoms with van der Waals surface area (Å²) < 4.78 is 4.84. The number of rotatable bonds is 7. The number of carbonyl (C=O) groups excluding carboxylic acids is 3. The van der Waals surface area contributed by atoms with Crippen molar-refractivity contribution in [3.63, 3.8) is 0 Å². The van der Waals surface area contributed by atoms with Crippen LogP contribution in [0.25, 0.3) is 0 Å². The van der Waals surface area contributed by atoms with Crippen molar-refractivity contribution < 1.29 is 24.2 Å². The molecule has 178 valence electrons. The van der Waals surface area contributed by atoms with E-state index < -0.39 is 11.9 Å². The van der Waals surface area contributed by atoms with Gasteiger partial charge in [-0.15, -0.1) is 0 Å². The standard InChI is InChI=1S/C25H28N4O5/c1-34-25(33)20-17-29(15-16-30)24(32)22(20)26-21-10-6-5-9-19(21)23(31)28-13-11-27(12-14-28)18-7-3-2-4-8-18/h2-10,26,30H,11-17H2,1H3. The maximum atomic E-state index is 13.4. The highest BCUT2D eigenvalue weighted by molar-refractivity contribution is 6.10. The van der Waals surface area contributed by atoms with Crippen LogP contribution >= 0.6 is 0 Å². The van der Waals surface area contributed by atoms with Crippen LogP contribution in [-0.4, -0.2) is 85.7 Å². The van der Waals surface area contributed by atoms with Crippen molar-refractivity contribution in [2.45, 2.75) is 0 Å². The van der Waals surface area contributed by atoms with Gasteiger partial charge in [-0.05, 0) is 24.3 Å². The van der Waals surface area contributed by atoms with Gasteiger partial charge in [-0.1, -0.05) is 30.3 Å². The van der Waals surface area contributed by atoms with E-state index in [1.807, 2.05) is 18.2 Å². The number of ether oxygens (including phenoxy) is 1. The Morgan fingerprint density at radius 3 is 2.35 bits per heavy atom. The first-order chi connectivity index (χ1) is 16.5. The van der Waals surface area contributed by atoms with Gasteiger partial charge >= 0.3 is 5.97 Å². The van der Waals surface area contributed by atoms with Crippen molar-refractivity contribution in [1.82, 2.24) is 9.80 Å². The number of β-amino-alcohol motifs (C(OH)–C–C–N with tert-alkyl or cyclic N) is 1. The topological polar surface area (TPSA) is 102 Å². The summed E-state index contributed by atoms with van der Waals surface area (Å²) in [5, 5.41) is 12.3. The Bertz CT molecular complexity index is 1090. The third kappa shape index (κ3) is 4.74. The number of amides is 2. The molecule has 0 unspecified atom stereocenters. The number of piperazine rings is 1. The van der Waals surface area contributed by atoms with Gasteiger partial charge in [0.2, 0.25) is 0 Å². The van der Waals surface area contributed by atoms with Crippen molar-refractivity contribution in [1.29, 1.82) is 0 Å². The van der Waals surface area contributed by atoms with Crippen LogP contribution in [0.15, 0.2) is 65.9 Å². The number of aliphatic hydroxyl groups is 1. The highest BCUT2D eigenvalue weighted by Crippen LogP contribution is 2.26. The fourth-order valence-corrected chi connectivity index (χ4v) is 4.24. The van der Waals surface area contributed by atoms with E-state index in [1.165, 1.54) is 12.0 Å². The molecule has 0 spiro atoms. The fourth-order valence-electron chi connectivity index (χ4n) is 4.24. The first kappa shape index (κ1) is 23.3. The largest absolute Gasteiger partial charge is 0.466 e. The van der Waals surface area contributed by atoms with Gasteiger partial charge < -0.3 is 29.9 Å². The molecule has 34 heavy (non-hydrogen) atoms. The first-order valence-electron chi connectivity index (χ1n) is 11.2. The van der Waals surface area contributed by atoms with E-state index in [1.54, 1.807) is 29.2 Å². The van der Waals surface area contributed by atoms with Crippen molar-refractivity contribution in [3.05, 3.63) is 71.4 Å². The minimum atomic E-state index is -0.628. The first-order valence-corrected chi connectivity index (χ1v) is 11.2. The van der Waals surface area contributed by atoms with Crippen LogP contribution in [0.5, 0.6) is 0 Å². The Hall–Kier alpha value is -3.85. The third-order valence-electron chi connectivity index (χ3n) is 6.06. The Kier molecular flexibility index (Phi) is 7.12. The van der Waals surface area contributed by atoms with Gasteiger partial charge in [0, 0.05) is 38.4 Å². The molecule has 2 heterocycles. The molecule has 4 rings (SSSR count). The van der Waals surface area contributed by atoms with Gasteiger partial charge in [0.25, 0.3) is 11.8 Å². The summed E-state index contributed by atoms with van der Waals surface area (Å²) in [7, 11) is 1.25. The van der Waals surface area contributed by atoms with Crippen LogP contribution in [0.4, 0.5) is 11.4 Å². The summed E-state index contributed by atoms with van der Waals surface area (Å²) in [6, 6.07) is 17.0. The van der Waals surface area contributed by atoms with Crippen molar-refractivity contribution in [2.75, 3.05) is 63.2 Å². The summed E-state index contributed by atoms with van der Waals surface area (Å²) in [6.45, 7) is 2.48. The summed E-state index contributed by atoms with van der Waals surface area (Å²) in [5.74, 6) is -1.20. The molecular formula is C25H28N4O5. The van der Waals surface area contributed by atoms with Crippen LogP contribution in [-0.2, 0) is 14.3 Å². The van der Waals surface area contributed by atoms with E-state index in [9.17, 15) is 19.5 Å². The normalized spacial score (nSPS) is 16.2. The molecule has 0 aliphatic carbocycles. The molecule has 2 amide bonds. The monoisotopic (exact) mass is 464 g/mol. The van der Waals surface area contributed by atoms with Gasteiger partial charge in [0.15, 0.2) is 0 Å². The molecule has 1 saturated heterocycles. The van der Waals surface area contributed by atoms with Gasteiger partial charge in [0.05, 0.1) is 37.1 Å². The number of aliphatic hydroxyl groups excluding tert-OH is 1. The molecule has 2 aromatic carbocycles. The average molecular weight is 465 g/mol. The molecule has 0 bridgehead atoms. The highest BCUT2D eigenvalue weighted by Gasteiger charge is 2.35. The minimum Gasteiger partial charge on any atom is -0.466 e. The van der Waals surface area contributed by atoms with Crippen LogP contribution in [0.3, 0.4) is 0 Å². The number of nitrogens with one attached hydrogen (secondary N) is 1. The van der Waals surface area contributed by atoms with Crippen molar-refractivity contribution >= 4 is 29.2 Å². The second-order valence-corrected chi connectivity index (χ2v) is 8.08. The third-order valence-corrected chi connectivity index (χ3v) is 6.06. The number of hydrogen-bond donors (Lipinski definition) is 2. The van der Waals surface area contributed by atoms with Gasteiger partial charge in [-0.3, -0.25) is 9.59 Å². The average Bonchev–Trinajstić information content (AvgIpc) is 3.19. The van der Waals surface area contributed by atoms with Gasteiger partial charge in [0.1, 0.15) is 5.70 Å². The zero-order chi connectivity index (χ0) is 24.1. The Morgan fingerprint density at radius 2 is 1.68 bits per heavy atom. The molecule has 9 nitrogen and oxygen atoms in total. The molecule has 2 aliphatic rings. The quantitative estimate of drug-likeness (QED) is 0.596. The molecular weight excluding hydrogens is 436 g/mol. The lowest BCUT2D eigenvalue weighted by atomic mass is 10.1. The fraction of sp³-hybridized carbons (Fsp3) is 0.320. The van der Waals surface area contributed by atoms with E-state index in [2.05, 4.69) is 22.3 Å². The predicted molar refractivity (Wildman–Crippen MR) is 127 cm³/mol. The number of methoxy groups -OCH3 is 1. The molecule has 0 aromatic heterocycles. The Balaban J connectivity index is 1.52. The van der Waals surface area contributed by atoms with Crippen molar-refractivity contribution in [3.8, 4) is 0 Å². The summed E-state index contributed by atoms with van der Waals surface area (Å²) in [4.78, 5) is 43.9. The number of esters is 1. The number of nitrogens with zero attached hydrogens (tertiary/aromatic N) is 3. The summed E-state index contributed by atoms with van der Waals surface area (Å²) in [5.41, 5.74) is 2.22. The molecule has 1 fully saturated rings. The van der Waals surface area contributed by atoms with Gasteiger partial charge in [-0.2, -0.15) is 0 Å². The Morgan fingerprint density at radius 1 is 1.00 bits per heavy atom. The molecule has 9 heteroatoms. The molecule has 0 saturated carbocycles. The second-order valence-electron chi connectivity index (χ2n) is 8.08. The van der Waals surface area contributed by atoms with E-state index in [0.717, 1.165) is 18.8 Å². The van der Waals surface area contributed by atoms with E-state index in [4.69, 9.17) is 4.74 Å². The molecule has 2 aliphatic heterocycles. The zero-order valence-electron chi connectivity index (χ0n) is 19.1. The Labute approximate surface area is 198 Å². The lowest BCUT2D eigenvalue weighted by Gasteiger charge is -2.36. The van der Waals surface area contributed by atoms with Crippen LogP contribution in [0.2, 0.25) is 0 Å². The van der Waals surface area contributed by atoms with Crippen LogP contribution in [0.1, 0.15) is 10.4 Å². The van der Waals surface area contributed by atoms with Crippen molar-refractivity contribution in [2.24, 2.45) is 0 Å². The maximum absolute atomic E-state index is 13.4. The highest BCUT2D eigenvalue weighted by atomic mass is 16.5. The maximum Gasteiger partial charge on any atom is 0.337 e.